The van der Waals surface area contributed by atoms with Crippen molar-refractivity contribution in [1.29, 1.82) is 0 Å². The average molecular weight is 430 g/mol. The number of amides is 1. The van der Waals surface area contributed by atoms with Crippen LogP contribution < -0.4 is 14.8 Å². The van der Waals surface area contributed by atoms with Crippen LogP contribution in [0.3, 0.4) is 0 Å². The van der Waals surface area contributed by atoms with Crippen molar-refractivity contribution < 1.29 is 14.3 Å². The smallest absolute Gasteiger partial charge is 0.234 e. The molecule has 4 rings (SSSR count). The summed E-state index contributed by atoms with van der Waals surface area (Å²) in [5.74, 6) is 1.83. The molecule has 2 aromatic rings. The number of benzene rings is 2. The van der Waals surface area contributed by atoms with E-state index >= 15 is 0 Å². The normalized spacial score (nSPS) is 16.7. The van der Waals surface area contributed by atoms with Gasteiger partial charge in [0.1, 0.15) is 18.1 Å². The van der Waals surface area contributed by atoms with E-state index in [9.17, 15) is 4.79 Å². The van der Waals surface area contributed by atoms with Crippen LogP contribution in [0.25, 0.3) is 0 Å². The minimum absolute atomic E-state index is 0.0433. The molecular formula is C23H28ClN3O3. The Morgan fingerprint density at radius 3 is 2.63 bits per heavy atom. The fraction of sp³-hybridized carbons (Fsp3) is 0.435. The highest BCUT2D eigenvalue weighted by Crippen LogP contribution is 2.26. The molecular weight excluding hydrogens is 402 g/mol. The monoisotopic (exact) mass is 429 g/mol. The Morgan fingerprint density at radius 2 is 1.83 bits per heavy atom. The van der Waals surface area contributed by atoms with Crippen molar-refractivity contribution in [2.24, 2.45) is 0 Å². The predicted octanol–water partition coefficient (Wildman–Crippen LogP) is 2.59. The molecule has 0 aromatic heterocycles. The van der Waals surface area contributed by atoms with E-state index in [1.165, 1.54) is 11.1 Å². The topological polar surface area (TPSA) is 54.0 Å². The minimum atomic E-state index is 0.0433. The van der Waals surface area contributed by atoms with Gasteiger partial charge in [0.25, 0.3) is 0 Å². The van der Waals surface area contributed by atoms with E-state index < -0.39 is 0 Å². The molecule has 2 aromatic carbocycles. The number of nitrogens with zero attached hydrogens (tertiary/aromatic N) is 2. The first-order chi connectivity index (χ1) is 14.7. The van der Waals surface area contributed by atoms with Gasteiger partial charge in [0.15, 0.2) is 0 Å². The van der Waals surface area contributed by atoms with Crippen molar-refractivity contribution in [2.75, 3.05) is 52.5 Å². The first-order valence-corrected chi connectivity index (χ1v) is 10.9. The maximum Gasteiger partial charge on any atom is 0.234 e. The van der Waals surface area contributed by atoms with Crippen molar-refractivity contribution in [3.8, 4) is 11.5 Å². The Morgan fingerprint density at radius 1 is 1.07 bits per heavy atom. The molecule has 1 fully saturated rings. The van der Waals surface area contributed by atoms with Crippen molar-refractivity contribution in [1.82, 2.24) is 15.1 Å². The second-order valence-electron chi connectivity index (χ2n) is 7.75. The van der Waals surface area contributed by atoms with Crippen LogP contribution in [-0.4, -0.2) is 68.2 Å². The number of carbonyl (C=O) groups excluding carboxylic acids is 1. The van der Waals surface area contributed by atoms with Gasteiger partial charge in [0.05, 0.1) is 19.7 Å². The number of hydrogen-bond acceptors (Lipinski definition) is 5. The first kappa shape index (κ1) is 21.0. The lowest BCUT2D eigenvalue weighted by molar-refractivity contribution is -0.122. The van der Waals surface area contributed by atoms with Crippen molar-refractivity contribution in [2.45, 2.75) is 13.0 Å². The van der Waals surface area contributed by atoms with Gasteiger partial charge in [-0.25, -0.2) is 0 Å². The highest BCUT2D eigenvalue weighted by Gasteiger charge is 2.20. The third-order valence-electron chi connectivity index (χ3n) is 5.50. The lowest BCUT2D eigenvalue weighted by atomic mass is 10.1. The van der Waals surface area contributed by atoms with Gasteiger partial charge >= 0.3 is 0 Å². The van der Waals surface area contributed by atoms with Crippen LogP contribution >= 0.6 is 11.6 Å². The molecule has 0 radical (unpaired) electrons. The second kappa shape index (κ2) is 10.2. The summed E-state index contributed by atoms with van der Waals surface area (Å²) < 4.78 is 11.2. The third kappa shape index (κ3) is 5.88. The van der Waals surface area contributed by atoms with Crippen LogP contribution in [0.4, 0.5) is 0 Å². The zero-order chi connectivity index (χ0) is 20.8. The molecule has 0 aliphatic carbocycles. The van der Waals surface area contributed by atoms with Crippen LogP contribution in [0.15, 0.2) is 42.5 Å². The average Bonchev–Trinajstić information content (AvgIpc) is 3.22. The van der Waals surface area contributed by atoms with E-state index in [0.717, 1.165) is 57.3 Å². The zero-order valence-electron chi connectivity index (χ0n) is 17.1. The standard InChI is InChI=1S/C23H28ClN3O3/c24-20-2-4-21(5-3-20)29-14-8-25-23(28)17-27-11-9-26(10-12-27)16-18-1-6-22-19(15-18)7-13-30-22/h1-6,15H,7-14,16-17H2,(H,25,28). The molecule has 160 valence electrons. The Balaban J connectivity index is 1.11. The number of halogens is 1. The summed E-state index contributed by atoms with van der Waals surface area (Å²) in [6.45, 7) is 6.87. The molecule has 2 aliphatic heterocycles. The molecule has 0 bridgehead atoms. The van der Waals surface area contributed by atoms with Gasteiger partial charge in [-0.3, -0.25) is 14.6 Å². The van der Waals surface area contributed by atoms with Gasteiger partial charge in [0, 0.05) is 44.2 Å². The summed E-state index contributed by atoms with van der Waals surface area (Å²) in [6.07, 6.45) is 1.01. The van der Waals surface area contributed by atoms with Gasteiger partial charge in [-0.15, -0.1) is 0 Å². The molecule has 1 saturated heterocycles. The van der Waals surface area contributed by atoms with E-state index in [4.69, 9.17) is 21.1 Å². The Labute approximate surface area is 182 Å². The molecule has 0 atom stereocenters. The highest BCUT2D eigenvalue weighted by atomic mass is 35.5. The zero-order valence-corrected chi connectivity index (χ0v) is 17.9. The number of carbonyl (C=O) groups is 1. The molecule has 6 nitrogen and oxygen atoms in total. The van der Waals surface area contributed by atoms with Crippen LogP contribution in [-0.2, 0) is 17.8 Å². The Kier molecular flexibility index (Phi) is 7.10. The van der Waals surface area contributed by atoms with Crippen LogP contribution in [0.5, 0.6) is 11.5 Å². The van der Waals surface area contributed by atoms with E-state index in [1.54, 1.807) is 12.1 Å². The highest BCUT2D eigenvalue weighted by molar-refractivity contribution is 6.30. The molecule has 1 N–H and O–H groups in total. The SMILES string of the molecule is O=C(CN1CCN(Cc2ccc3c(c2)CCO3)CC1)NCCOc1ccc(Cl)cc1. The summed E-state index contributed by atoms with van der Waals surface area (Å²) in [4.78, 5) is 16.9. The Bertz CT molecular complexity index is 851. The van der Waals surface area contributed by atoms with Crippen molar-refractivity contribution >= 4 is 17.5 Å². The van der Waals surface area contributed by atoms with E-state index in [-0.39, 0.29) is 5.91 Å². The number of ether oxygens (including phenoxy) is 2. The lowest BCUT2D eigenvalue weighted by Crippen LogP contribution is -2.49. The fourth-order valence-corrected chi connectivity index (χ4v) is 3.98. The van der Waals surface area contributed by atoms with Gasteiger partial charge in [-0.1, -0.05) is 23.7 Å². The van der Waals surface area contributed by atoms with E-state index in [1.807, 2.05) is 12.1 Å². The number of fused-ring (bicyclic) bond motifs is 1. The largest absolute Gasteiger partial charge is 0.493 e. The molecule has 2 heterocycles. The summed E-state index contributed by atoms with van der Waals surface area (Å²) in [7, 11) is 0. The van der Waals surface area contributed by atoms with Gasteiger partial charge in [0.2, 0.25) is 5.91 Å². The third-order valence-corrected chi connectivity index (χ3v) is 5.75. The van der Waals surface area contributed by atoms with Crippen molar-refractivity contribution in [3.05, 3.63) is 58.6 Å². The van der Waals surface area contributed by atoms with Gasteiger partial charge in [-0.05, 0) is 41.5 Å². The predicted molar refractivity (Wildman–Crippen MR) is 117 cm³/mol. The number of nitrogens with one attached hydrogen (secondary N) is 1. The van der Waals surface area contributed by atoms with Crippen LogP contribution in [0, 0.1) is 0 Å². The van der Waals surface area contributed by atoms with Gasteiger partial charge < -0.3 is 14.8 Å². The number of rotatable bonds is 8. The van der Waals surface area contributed by atoms with E-state index in [0.29, 0.717) is 24.7 Å². The second-order valence-corrected chi connectivity index (χ2v) is 8.18. The summed E-state index contributed by atoms with van der Waals surface area (Å²) >= 11 is 5.85. The molecule has 0 unspecified atom stereocenters. The molecule has 2 aliphatic rings. The molecule has 7 heteroatoms. The summed E-state index contributed by atoms with van der Waals surface area (Å²) in [5, 5.41) is 3.61. The minimum Gasteiger partial charge on any atom is -0.493 e. The molecule has 30 heavy (non-hydrogen) atoms. The maximum absolute atomic E-state index is 12.2. The summed E-state index contributed by atoms with van der Waals surface area (Å²) in [5.41, 5.74) is 2.66. The molecule has 0 spiro atoms. The maximum atomic E-state index is 12.2. The van der Waals surface area contributed by atoms with Crippen LogP contribution in [0.2, 0.25) is 5.02 Å². The lowest BCUT2D eigenvalue weighted by Gasteiger charge is -2.34. The van der Waals surface area contributed by atoms with Crippen LogP contribution in [0.1, 0.15) is 11.1 Å². The quantitative estimate of drug-likeness (QED) is 0.654. The molecule has 0 saturated carbocycles. The molecule has 1 amide bonds. The van der Waals surface area contributed by atoms with Crippen molar-refractivity contribution in [3.63, 3.8) is 0 Å². The Hall–Kier alpha value is -2.28. The van der Waals surface area contributed by atoms with Gasteiger partial charge in [-0.2, -0.15) is 0 Å². The summed E-state index contributed by atoms with van der Waals surface area (Å²) in [6, 6.07) is 13.7. The number of hydrogen-bond donors (Lipinski definition) is 1. The fourth-order valence-electron chi connectivity index (χ4n) is 3.85. The van der Waals surface area contributed by atoms with E-state index in [2.05, 4.69) is 33.3 Å². The first-order valence-electron chi connectivity index (χ1n) is 10.5. The number of piperazine rings is 1.